The van der Waals surface area contributed by atoms with Gasteiger partial charge in [0.1, 0.15) is 4.88 Å². The molecule has 0 bridgehead atoms. The number of carbonyl (C=O) groups excluding carboxylic acids is 1. The Kier molecular flexibility index (Phi) is 4.56. The molecule has 1 amide bonds. The van der Waals surface area contributed by atoms with Gasteiger partial charge in [-0.2, -0.15) is 0 Å². The molecular weight excluding hydrogens is 334 g/mol. The molecule has 1 aliphatic rings. The summed E-state index contributed by atoms with van der Waals surface area (Å²) in [5, 5.41) is 4.93. The van der Waals surface area contributed by atoms with E-state index in [1.165, 1.54) is 21.9 Å². The largest absolute Gasteiger partial charge is 0.348 e. The van der Waals surface area contributed by atoms with Crippen molar-refractivity contribution < 1.29 is 13.2 Å². The zero-order valence-electron chi connectivity index (χ0n) is 12.8. The molecule has 1 aliphatic heterocycles. The van der Waals surface area contributed by atoms with E-state index in [1.54, 1.807) is 0 Å². The zero-order valence-corrected chi connectivity index (χ0v) is 14.4. The van der Waals surface area contributed by atoms with E-state index in [4.69, 9.17) is 0 Å². The second-order valence-corrected chi connectivity index (χ2v) is 8.53. The van der Waals surface area contributed by atoms with Crippen molar-refractivity contribution in [3.63, 3.8) is 0 Å². The molecule has 0 saturated carbocycles. The molecule has 1 fully saturated rings. The fraction of sp³-hybridized carbons (Fsp3) is 0.400. The third-order valence-corrected chi connectivity index (χ3v) is 6.20. The Morgan fingerprint density at radius 1 is 1.26 bits per heavy atom. The molecule has 6 nitrogen and oxygen atoms in total. The summed E-state index contributed by atoms with van der Waals surface area (Å²) in [6.07, 6.45) is 6.32. The maximum absolute atomic E-state index is 12.5. The summed E-state index contributed by atoms with van der Waals surface area (Å²) in [6, 6.07) is 5.77. The standard InChI is InChI=1S/C15H19N3O3S2/c1-23(20,21)18-9-4-12(5-10-18)16-15(19)14-13(6-11-22-14)17-7-2-3-8-17/h2-3,6-8,11-12H,4-5,9-10H2,1H3,(H,16,19). The highest BCUT2D eigenvalue weighted by molar-refractivity contribution is 7.88. The number of aromatic nitrogens is 1. The van der Waals surface area contributed by atoms with Crippen LogP contribution in [0, 0.1) is 0 Å². The zero-order chi connectivity index (χ0) is 16.4. The van der Waals surface area contributed by atoms with Crippen molar-refractivity contribution in [2.45, 2.75) is 18.9 Å². The van der Waals surface area contributed by atoms with Crippen LogP contribution in [0.5, 0.6) is 0 Å². The monoisotopic (exact) mass is 353 g/mol. The van der Waals surface area contributed by atoms with Crippen molar-refractivity contribution in [1.29, 1.82) is 0 Å². The number of sulfonamides is 1. The predicted molar refractivity (Wildman–Crippen MR) is 90.6 cm³/mol. The highest BCUT2D eigenvalue weighted by Crippen LogP contribution is 2.22. The van der Waals surface area contributed by atoms with Crippen LogP contribution in [-0.2, 0) is 10.0 Å². The first-order chi connectivity index (χ1) is 10.9. The molecule has 0 aromatic carbocycles. The molecule has 23 heavy (non-hydrogen) atoms. The molecule has 1 N–H and O–H groups in total. The number of piperidine rings is 1. The van der Waals surface area contributed by atoms with Gasteiger partial charge in [-0.15, -0.1) is 11.3 Å². The summed E-state index contributed by atoms with van der Waals surface area (Å²) < 4.78 is 26.4. The Morgan fingerprint density at radius 2 is 1.91 bits per heavy atom. The van der Waals surface area contributed by atoms with E-state index in [2.05, 4.69) is 5.32 Å². The third kappa shape index (κ3) is 3.65. The van der Waals surface area contributed by atoms with E-state index in [0.717, 1.165) is 5.69 Å². The molecule has 0 aliphatic carbocycles. The first-order valence-corrected chi connectivity index (χ1v) is 10.1. The normalized spacial score (nSPS) is 17.3. The van der Waals surface area contributed by atoms with Crippen molar-refractivity contribution in [2.75, 3.05) is 19.3 Å². The number of nitrogens with one attached hydrogen (secondary N) is 1. The van der Waals surface area contributed by atoms with Gasteiger partial charge in [-0.3, -0.25) is 4.79 Å². The SMILES string of the molecule is CS(=O)(=O)N1CCC(NC(=O)c2sccc2-n2cccc2)CC1. The molecule has 3 heterocycles. The molecule has 2 aromatic heterocycles. The molecule has 3 rings (SSSR count). The lowest BCUT2D eigenvalue weighted by Crippen LogP contribution is -2.46. The van der Waals surface area contributed by atoms with Crippen LogP contribution in [0.1, 0.15) is 22.5 Å². The lowest BCUT2D eigenvalue weighted by molar-refractivity contribution is 0.0928. The van der Waals surface area contributed by atoms with E-state index in [-0.39, 0.29) is 11.9 Å². The molecular formula is C15H19N3O3S2. The highest BCUT2D eigenvalue weighted by atomic mass is 32.2. The van der Waals surface area contributed by atoms with Gasteiger partial charge in [0, 0.05) is 31.5 Å². The summed E-state index contributed by atoms with van der Waals surface area (Å²) in [5.41, 5.74) is 0.867. The molecule has 124 valence electrons. The van der Waals surface area contributed by atoms with Gasteiger partial charge in [-0.1, -0.05) is 0 Å². The van der Waals surface area contributed by atoms with Gasteiger partial charge in [0.2, 0.25) is 10.0 Å². The summed E-state index contributed by atoms with van der Waals surface area (Å²) in [7, 11) is -3.14. The maximum atomic E-state index is 12.5. The molecule has 8 heteroatoms. The second-order valence-electron chi connectivity index (χ2n) is 5.64. The van der Waals surface area contributed by atoms with Crippen molar-refractivity contribution in [1.82, 2.24) is 14.2 Å². The number of hydrogen-bond donors (Lipinski definition) is 1. The van der Waals surface area contributed by atoms with Crippen LogP contribution in [0.25, 0.3) is 5.69 Å². The maximum Gasteiger partial charge on any atom is 0.263 e. The molecule has 0 unspecified atom stereocenters. The Labute approximate surface area is 139 Å². The van der Waals surface area contributed by atoms with Crippen molar-refractivity contribution in [3.05, 3.63) is 40.8 Å². The molecule has 2 aromatic rings. The van der Waals surface area contributed by atoms with E-state index < -0.39 is 10.0 Å². The first kappa shape index (κ1) is 16.2. The van der Waals surface area contributed by atoms with E-state index in [1.807, 2.05) is 40.5 Å². The lowest BCUT2D eigenvalue weighted by atomic mass is 10.1. The smallest absolute Gasteiger partial charge is 0.263 e. The van der Waals surface area contributed by atoms with Crippen LogP contribution < -0.4 is 5.32 Å². The van der Waals surface area contributed by atoms with E-state index in [9.17, 15) is 13.2 Å². The Hall–Kier alpha value is -1.64. The Morgan fingerprint density at radius 3 is 2.52 bits per heavy atom. The first-order valence-electron chi connectivity index (χ1n) is 7.42. The number of hydrogen-bond acceptors (Lipinski definition) is 4. The summed E-state index contributed by atoms with van der Waals surface area (Å²) in [6.45, 7) is 0.914. The van der Waals surface area contributed by atoms with Gasteiger partial charge in [0.05, 0.1) is 11.9 Å². The van der Waals surface area contributed by atoms with Crippen LogP contribution in [0.4, 0.5) is 0 Å². The number of rotatable bonds is 4. The average molecular weight is 353 g/mol. The molecule has 0 spiro atoms. The van der Waals surface area contributed by atoms with Gasteiger partial charge in [0.15, 0.2) is 0 Å². The topological polar surface area (TPSA) is 71.4 Å². The summed E-state index contributed by atoms with van der Waals surface area (Å²) >= 11 is 1.41. The number of thiophene rings is 1. The van der Waals surface area contributed by atoms with Crippen LogP contribution in [0.2, 0.25) is 0 Å². The number of carbonyl (C=O) groups is 1. The van der Waals surface area contributed by atoms with E-state index >= 15 is 0 Å². The van der Waals surface area contributed by atoms with Gasteiger partial charge in [0.25, 0.3) is 5.91 Å². The average Bonchev–Trinajstić information content (AvgIpc) is 3.17. The van der Waals surface area contributed by atoms with Crippen LogP contribution in [0.3, 0.4) is 0 Å². The lowest BCUT2D eigenvalue weighted by Gasteiger charge is -2.30. The van der Waals surface area contributed by atoms with E-state index in [0.29, 0.717) is 30.8 Å². The number of nitrogens with zero attached hydrogens (tertiary/aromatic N) is 2. The minimum Gasteiger partial charge on any atom is -0.348 e. The molecule has 0 radical (unpaired) electrons. The van der Waals surface area contributed by atoms with Gasteiger partial charge < -0.3 is 9.88 Å². The van der Waals surface area contributed by atoms with Crippen molar-refractivity contribution in [2.24, 2.45) is 0 Å². The van der Waals surface area contributed by atoms with Crippen LogP contribution in [0.15, 0.2) is 36.0 Å². The summed E-state index contributed by atoms with van der Waals surface area (Å²) in [4.78, 5) is 13.2. The van der Waals surface area contributed by atoms with Crippen molar-refractivity contribution >= 4 is 27.3 Å². The Balaban J connectivity index is 1.64. The van der Waals surface area contributed by atoms with Crippen LogP contribution >= 0.6 is 11.3 Å². The van der Waals surface area contributed by atoms with Crippen LogP contribution in [-0.4, -0.2) is 48.6 Å². The van der Waals surface area contributed by atoms with Gasteiger partial charge in [-0.25, -0.2) is 12.7 Å². The fourth-order valence-corrected chi connectivity index (χ4v) is 4.42. The highest BCUT2D eigenvalue weighted by Gasteiger charge is 2.26. The molecule has 1 saturated heterocycles. The van der Waals surface area contributed by atoms with Gasteiger partial charge in [-0.05, 0) is 36.4 Å². The predicted octanol–water partition coefficient (Wildman–Crippen LogP) is 1.69. The quantitative estimate of drug-likeness (QED) is 0.909. The molecule has 0 atom stereocenters. The fourth-order valence-electron chi connectivity index (χ4n) is 2.75. The summed E-state index contributed by atoms with van der Waals surface area (Å²) in [5.74, 6) is -0.0958. The third-order valence-electron chi connectivity index (χ3n) is 3.99. The number of amides is 1. The van der Waals surface area contributed by atoms with Crippen molar-refractivity contribution in [3.8, 4) is 5.69 Å². The van der Waals surface area contributed by atoms with Gasteiger partial charge >= 0.3 is 0 Å². The second kappa shape index (κ2) is 6.46. The minimum absolute atomic E-state index is 0.0140. The minimum atomic E-state index is -3.14. The Bertz CT molecular complexity index is 773.